The fourth-order valence-electron chi connectivity index (χ4n) is 4.84. The number of carbonyl (C=O) groups is 1. The van der Waals surface area contributed by atoms with Crippen molar-refractivity contribution in [2.75, 3.05) is 13.2 Å². The molecular weight excluding hydrogens is 426 g/mol. The number of carboxylic acids is 1. The minimum Gasteiger partial charge on any atom is -0.481 e. The molecule has 5 heteroatoms. The van der Waals surface area contributed by atoms with E-state index in [-0.39, 0.29) is 24.7 Å². The number of carboxylic acid groups (broad SMARTS) is 1. The fourth-order valence-corrected chi connectivity index (χ4v) is 4.84. The van der Waals surface area contributed by atoms with Gasteiger partial charge in [-0.2, -0.15) is 0 Å². The third-order valence-corrected chi connectivity index (χ3v) is 6.55. The van der Waals surface area contributed by atoms with Crippen LogP contribution in [0.4, 0.5) is 0 Å². The number of allylic oxidation sites excluding steroid dienone is 1. The predicted octanol–water partition coefficient (Wildman–Crippen LogP) is 5.18. The van der Waals surface area contributed by atoms with Gasteiger partial charge in [0.25, 0.3) is 0 Å². The first-order chi connectivity index (χ1) is 16.2. The quantitative estimate of drug-likeness (QED) is 0.380. The average molecular weight is 466 g/mol. The van der Waals surface area contributed by atoms with Crippen molar-refractivity contribution in [3.63, 3.8) is 0 Å². The van der Waals surface area contributed by atoms with E-state index in [9.17, 15) is 9.90 Å². The summed E-state index contributed by atoms with van der Waals surface area (Å²) in [5.74, 6) is -0.165. The molecule has 0 bridgehead atoms. The summed E-state index contributed by atoms with van der Waals surface area (Å²) in [6.45, 7) is 7.12. The summed E-state index contributed by atoms with van der Waals surface area (Å²) >= 11 is 0. The highest BCUT2D eigenvalue weighted by Gasteiger charge is 2.28. The van der Waals surface area contributed by atoms with Crippen molar-refractivity contribution in [2.45, 2.75) is 70.6 Å². The summed E-state index contributed by atoms with van der Waals surface area (Å²) in [5.41, 5.74) is 4.92. The molecule has 0 saturated carbocycles. The Morgan fingerprint density at radius 3 is 2.47 bits per heavy atom. The van der Waals surface area contributed by atoms with Crippen molar-refractivity contribution < 1.29 is 19.7 Å². The largest absolute Gasteiger partial charge is 0.481 e. The maximum absolute atomic E-state index is 10.7. The molecule has 34 heavy (non-hydrogen) atoms. The third kappa shape index (κ3) is 8.08. The first kappa shape index (κ1) is 26.1. The number of hydrogen-bond donors (Lipinski definition) is 3. The van der Waals surface area contributed by atoms with E-state index in [1.165, 1.54) is 11.1 Å². The van der Waals surface area contributed by atoms with Gasteiger partial charge in [0.1, 0.15) is 0 Å². The lowest BCUT2D eigenvalue weighted by molar-refractivity contribution is -0.136. The van der Waals surface area contributed by atoms with E-state index < -0.39 is 12.1 Å². The fraction of sp³-hybridized carbons (Fsp3) is 0.483. The molecule has 0 radical (unpaired) electrons. The molecule has 0 spiro atoms. The van der Waals surface area contributed by atoms with Crippen LogP contribution in [0.1, 0.15) is 68.4 Å². The maximum Gasteiger partial charge on any atom is 0.303 e. The maximum atomic E-state index is 10.7. The number of aliphatic hydroxyl groups is 1. The van der Waals surface area contributed by atoms with Crippen molar-refractivity contribution >= 4 is 12.0 Å². The molecule has 2 aromatic rings. The SMILES string of the molecule is C[C@@H](OC[C@H](O)CNC(C)(C)CC1Cc2ccccc2C1)c1ccccc1C=CCCC(=O)O. The third-order valence-electron chi connectivity index (χ3n) is 6.55. The van der Waals surface area contributed by atoms with E-state index >= 15 is 0 Å². The van der Waals surface area contributed by atoms with Crippen LogP contribution in [0.25, 0.3) is 6.08 Å². The van der Waals surface area contributed by atoms with E-state index in [4.69, 9.17) is 9.84 Å². The van der Waals surface area contributed by atoms with Crippen molar-refractivity contribution in [3.8, 4) is 0 Å². The summed E-state index contributed by atoms with van der Waals surface area (Å²) in [4.78, 5) is 10.7. The first-order valence-electron chi connectivity index (χ1n) is 12.3. The lowest BCUT2D eigenvalue weighted by Crippen LogP contribution is -2.45. The highest BCUT2D eigenvalue weighted by molar-refractivity contribution is 5.67. The molecule has 2 atom stereocenters. The number of benzene rings is 2. The molecule has 0 fully saturated rings. The lowest BCUT2D eigenvalue weighted by Gasteiger charge is -2.31. The van der Waals surface area contributed by atoms with E-state index in [2.05, 4.69) is 43.4 Å². The first-order valence-corrected chi connectivity index (χ1v) is 12.3. The molecule has 0 amide bonds. The topological polar surface area (TPSA) is 78.8 Å². The van der Waals surface area contributed by atoms with Crippen LogP contribution < -0.4 is 5.32 Å². The van der Waals surface area contributed by atoms with Crippen LogP contribution in [-0.4, -0.2) is 41.0 Å². The Balaban J connectivity index is 1.43. The van der Waals surface area contributed by atoms with Crippen molar-refractivity contribution in [3.05, 3.63) is 76.9 Å². The number of fused-ring (bicyclic) bond motifs is 1. The minimum atomic E-state index is -0.797. The van der Waals surface area contributed by atoms with Crippen LogP contribution in [0.15, 0.2) is 54.6 Å². The summed E-state index contributed by atoms with van der Waals surface area (Å²) in [5, 5.41) is 22.9. The molecule has 0 aromatic heterocycles. The van der Waals surface area contributed by atoms with Gasteiger partial charge >= 0.3 is 5.97 Å². The van der Waals surface area contributed by atoms with Gasteiger partial charge in [0.15, 0.2) is 0 Å². The second-order valence-corrected chi connectivity index (χ2v) is 10.1. The molecule has 0 aliphatic heterocycles. The Morgan fingerprint density at radius 1 is 1.15 bits per heavy atom. The Labute approximate surface area is 203 Å². The van der Waals surface area contributed by atoms with Crippen molar-refractivity contribution in [1.29, 1.82) is 0 Å². The van der Waals surface area contributed by atoms with Gasteiger partial charge in [-0.3, -0.25) is 4.79 Å². The normalized spacial score (nSPS) is 16.0. The molecule has 2 aromatic carbocycles. The highest BCUT2D eigenvalue weighted by Crippen LogP contribution is 2.32. The Kier molecular flexibility index (Phi) is 9.45. The molecule has 5 nitrogen and oxygen atoms in total. The zero-order valence-electron chi connectivity index (χ0n) is 20.7. The van der Waals surface area contributed by atoms with Gasteiger partial charge in [-0.1, -0.05) is 60.7 Å². The Morgan fingerprint density at radius 2 is 1.79 bits per heavy atom. The van der Waals surface area contributed by atoms with E-state index in [1.54, 1.807) is 0 Å². The van der Waals surface area contributed by atoms with Gasteiger partial charge in [0.2, 0.25) is 0 Å². The predicted molar refractivity (Wildman–Crippen MR) is 137 cm³/mol. The smallest absolute Gasteiger partial charge is 0.303 e. The van der Waals surface area contributed by atoms with E-state index in [0.717, 1.165) is 30.4 Å². The van der Waals surface area contributed by atoms with Crippen molar-refractivity contribution in [1.82, 2.24) is 5.32 Å². The van der Waals surface area contributed by atoms with Gasteiger partial charge in [-0.15, -0.1) is 0 Å². The van der Waals surface area contributed by atoms with Crippen LogP contribution in [-0.2, 0) is 22.4 Å². The lowest BCUT2D eigenvalue weighted by atomic mass is 9.88. The number of hydrogen-bond acceptors (Lipinski definition) is 4. The van der Waals surface area contributed by atoms with Crippen LogP contribution in [0.5, 0.6) is 0 Å². The molecule has 1 aliphatic carbocycles. The molecule has 0 saturated heterocycles. The van der Waals surface area contributed by atoms with Gasteiger partial charge in [-0.25, -0.2) is 0 Å². The van der Waals surface area contributed by atoms with Gasteiger partial charge < -0.3 is 20.3 Å². The van der Waals surface area contributed by atoms with Crippen LogP contribution in [0.2, 0.25) is 0 Å². The average Bonchev–Trinajstić information content (AvgIpc) is 3.20. The number of nitrogens with one attached hydrogen (secondary N) is 1. The number of aliphatic hydroxyl groups excluding tert-OH is 1. The van der Waals surface area contributed by atoms with Crippen molar-refractivity contribution in [2.24, 2.45) is 5.92 Å². The standard InChI is InChI=1S/C29H39NO4/c1-21(27-14-8-6-10-23(27)11-7-9-15-28(32)33)34-20-26(31)19-30-29(2,3)18-22-16-24-12-4-5-13-25(24)17-22/h4-8,10-14,21-22,26,30-31H,9,15-20H2,1-3H3,(H,32,33)/t21-,26-/m1/s1. The zero-order chi connectivity index (χ0) is 24.6. The van der Waals surface area contributed by atoms with Crippen LogP contribution >= 0.6 is 0 Å². The second-order valence-electron chi connectivity index (χ2n) is 10.1. The monoisotopic (exact) mass is 465 g/mol. The Bertz CT molecular complexity index is 943. The minimum absolute atomic E-state index is 0.0628. The molecule has 0 unspecified atom stereocenters. The van der Waals surface area contributed by atoms with Gasteiger partial charge in [-0.05, 0) is 74.6 Å². The highest BCUT2D eigenvalue weighted by atomic mass is 16.5. The number of aliphatic carboxylic acids is 1. The number of ether oxygens (including phenoxy) is 1. The molecule has 3 N–H and O–H groups in total. The molecular formula is C29H39NO4. The zero-order valence-corrected chi connectivity index (χ0v) is 20.7. The molecule has 184 valence electrons. The van der Waals surface area contributed by atoms with Gasteiger partial charge in [0.05, 0.1) is 18.8 Å². The summed E-state index contributed by atoms with van der Waals surface area (Å²) in [6, 6.07) is 16.6. The summed E-state index contributed by atoms with van der Waals surface area (Å²) in [7, 11) is 0. The summed E-state index contributed by atoms with van der Waals surface area (Å²) in [6.07, 6.45) is 6.99. The second kappa shape index (κ2) is 12.3. The number of β-amino-alcohol motifs (C(OH)–C–C–N with tert-alkyl or cyclic N) is 1. The summed E-state index contributed by atoms with van der Waals surface area (Å²) < 4.78 is 6.00. The van der Waals surface area contributed by atoms with Gasteiger partial charge in [0, 0.05) is 18.5 Å². The number of rotatable bonds is 13. The van der Waals surface area contributed by atoms with Crippen LogP contribution in [0.3, 0.4) is 0 Å². The van der Waals surface area contributed by atoms with Crippen LogP contribution in [0, 0.1) is 5.92 Å². The van der Waals surface area contributed by atoms with E-state index in [0.29, 0.717) is 18.9 Å². The molecule has 0 heterocycles. The Hall–Kier alpha value is -2.47. The molecule has 3 rings (SSSR count). The molecule has 1 aliphatic rings. The van der Waals surface area contributed by atoms with E-state index in [1.807, 2.05) is 43.3 Å².